The summed E-state index contributed by atoms with van der Waals surface area (Å²) < 4.78 is 0. The van der Waals surface area contributed by atoms with Crippen molar-refractivity contribution in [1.82, 2.24) is 4.90 Å². The second-order valence-corrected chi connectivity index (χ2v) is 4.70. The predicted molar refractivity (Wildman–Crippen MR) is 69.1 cm³/mol. The lowest BCUT2D eigenvalue weighted by Gasteiger charge is -2.41. The van der Waals surface area contributed by atoms with Crippen molar-refractivity contribution >= 4 is 0 Å². The van der Waals surface area contributed by atoms with Crippen molar-refractivity contribution in [2.24, 2.45) is 5.73 Å². The van der Waals surface area contributed by atoms with Crippen molar-refractivity contribution in [3.05, 3.63) is 0 Å². The maximum absolute atomic E-state index is 6.01. The zero-order valence-corrected chi connectivity index (χ0v) is 11.2. The van der Waals surface area contributed by atoms with E-state index in [9.17, 15) is 0 Å². The van der Waals surface area contributed by atoms with E-state index in [0.29, 0.717) is 0 Å². The van der Waals surface area contributed by atoms with Gasteiger partial charge < -0.3 is 5.73 Å². The van der Waals surface area contributed by atoms with Crippen LogP contribution in [0.5, 0.6) is 0 Å². The summed E-state index contributed by atoms with van der Waals surface area (Å²) in [5.74, 6) is 0. The van der Waals surface area contributed by atoms with Crippen molar-refractivity contribution in [3.8, 4) is 0 Å². The first-order chi connectivity index (χ1) is 7.16. The van der Waals surface area contributed by atoms with Gasteiger partial charge in [0.25, 0.3) is 0 Å². The molecule has 0 unspecified atom stereocenters. The maximum Gasteiger partial charge on any atom is 0.0328 e. The highest BCUT2D eigenvalue weighted by Gasteiger charge is 2.30. The highest BCUT2D eigenvalue weighted by atomic mass is 15.2. The van der Waals surface area contributed by atoms with Gasteiger partial charge in [0, 0.05) is 12.1 Å². The Morgan fingerprint density at radius 1 is 1.00 bits per heavy atom. The van der Waals surface area contributed by atoms with Crippen LogP contribution >= 0.6 is 0 Å². The number of nitrogens with zero attached hydrogens (tertiary/aromatic N) is 1. The van der Waals surface area contributed by atoms with E-state index >= 15 is 0 Å². The minimum atomic E-state index is 0.263. The number of nitrogens with two attached hydrogens (primary N) is 1. The normalized spacial score (nSPS) is 12.4. The lowest BCUT2D eigenvalue weighted by atomic mass is 9.87. The summed E-state index contributed by atoms with van der Waals surface area (Å²) >= 11 is 0. The SMILES string of the molecule is CCCCN(C)C(CN)(CCC)CCC. The fourth-order valence-corrected chi connectivity index (χ4v) is 2.43. The minimum absolute atomic E-state index is 0.263. The summed E-state index contributed by atoms with van der Waals surface area (Å²) in [7, 11) is 2.24. The fraction of sp³-hybridized carbons (Fsp3) is 1.00. The Bertz CT molecular complexity index is 139. The highest BCUT2D eigenvalue weighted by Crippen LogP contribution is 2.25. The van der Waals surface area contributed by atoms with Gasteiger partial charge in [-0.15, -0.1) is 0 Å². The third kappa shape index (κ3) is 4.52. The summed E-state index contributed by atoms with van der Waals surface area (Å²) in [4.78, 5) is 2.50. The van der Waals surface area contributed by atoms with Crippen LogP contribution in [0.3, 0.4) is 0 Å². The summed E-state index contributed by atoms with van der Waals surface area (Å²) in [5.41, 5.74) is 6.27. The molecule has 0 amide bonds. The molecule has 0 saturated heterocycles. The molecule has 2 N–H and O–H groups in total. The van der Waals surface area contributed by atoms with Crippen molar-refractivity contribution < 1.29 is 0 Å². The molecule has 2 heteroatoms. The third-order valence-electron chi connectivity index (χ3n) is 3.47. The van der Waals surface area contributed by atoms with E-state index in [0.717, 1.165) is 6.54 Å². The van der Waals surface area contributed by atoms with Gasteiger partial charge >= 0.3 is 0 Å². The van der Waals surface area contributed by atoms with Crippen LogP contribution in [0, 0.1) is 0 Å². The van der Waals surface area contributed by atoms with Crippen LogP contribution in [0.1, 0.15) is 59.3 Å². The van der Waals surface area contributed by atoms with Crippen molar-refractivity contribution in [3.63, 3.8) is 0 Å². The Balaban J connectivity index is 4.41. The molecule has 0 heterocycles. The van der Waals surface area contributed by atoms with Crippen LogP contribution in [0.4, 0.5) is 0 Å². The molecule has 0 fully saturated rings. The first kappa shape index (κ1) is 14.9. The Hall–Kier alpha value is -0.0800. The molecule has 0 saturated carbocycles. The van der Waals surface area contributed by atoms with Gasteiger partial charge in [0.1, 0.15) is 0 Å². The number of unbranched alkanes of at least 4 members (excludes halogenated alkanes) is 1. The average molecular weight is 214 g/mol. The summed E-state index contributed by atoms with van der Waals surface area (Å²) in [5, 5.41) is 0. The molecule has 0 aliphatic heterocycles. The molecule has 92 valence electrons. The van der Waals surface area contributed by atoms with Gasteiger partial charge in [0.05, 0.1) is 0 Å². The Kier molecular flexibility index (Phi) is 8.07. The Labute approximate surface area is 96.2 Å². The zero-order valence-electron chi connectivity index (χ0n) is 11.2. The van der Waals surface area contributed by atoms with E-state index in [2.05, 4.69) is 32.7 Å². The van der Waals surface area contributed by atoms with Gasteiger partial charge in [0.15, 0.2) is 0 Å². The van der Waals surface area contributed by atoms with E-state index in [-0.39, 0.29) is 5.54 Å². The minimum Gasteiger partial charge on any atom is -0.329 e. The lowest BCUT2D eigenvalue weighted by molar-refractivity contribution is 0.101. The standard InChI is InChI=1S/C13H30N2/c1-5-8-11-15(4)13(12-14,9-6-2)10-7-3/h5-12,14H2,1-4H3. The van der Waals surface area contributed by atoms with Gasteiger partial charge in [-0.2, -0.15) is 0 Å². The second kappa shape index (κ2) is 8.12. The molecule has 2 nitrogen and oxygen atoms in total. The van der Waals surface area contributed by atoms with E-state index in [1.54, 1.807) is 0 Å². The van der Waals surface area contributed by atoms with Crippen LogP contribution in [-0.2, 0) is 0 Å². The number of rotatable bonds is 9. The van der Waals surface area contributed by atoms with Crippen molar-refractivity contribution in [2.75, 3.05) is 20.1 Å². The van der Waals surface area contributed by atoms with Gasteiger partial charge in [-0.1, -0.05) is 40.0 Å². The van der Waals surface area contributed by atoms with E-state index in [4.69, 9.17) is 5.73 Å². The molecule has 15 heavy (non-hydrogen) atoms. The molecule has 0 rings (SSSR count). The monoisotopic (exact) mass is 214 g/mol. The van der Waals surface area contributed by atoms with Gasteiger partial charge in [0.2, 0.25) is 0 Å². The van der Waals surface area contributed by atoms with Crippen LogP contribution in [0.25, 0.3) is 0 Å². The fourth-order valence-electron chi connectivity index (χ4n) is 2.43. The summed E-state index contributed by atoms with van der Waals surface area (Å²) in [6.45, 7) is 8.75. The van der Waals surface area contributed by atoms with Gasteiger partial charge in [-0.3, -0.25) is 4.90 Å². The molecule has 0 spiro atoms. The third-order valence-corrected chi connectivity index (χ3v) is 3.47. The molecule has 0 aromatic rings. The summed E-state index contributed by atoms with van der Waals surface area (Å²) in [6.07, 6.45) is 7.48. The molecular weight excluding hydrogens is 184 g/mol. The van der Waals surface area contributed by atoms with E-state index in [1.165, 1.54) is 45.1 Å². The zero-order chi connectivity index (χ0) is 11.7. The van der Waals surface area contributed by atoms with Crippen LogP contribution in [0.2, 0.25) is 0 Å². The van der Waals surface area contributed by atoms with Crippen molar-refractivity contribution in [2.45, 2.75) is 64.8 Å². The van der Waals surface area contributed by atoms with Crippen LogP contribution in [-0.4, -0.2) is 30.6 Å². The Morgan fingerprint density at radius 3 is 1.87 bits per heavy atom. The quantitative estimate of drug-likeness (QED) is 0.639. The van der Waals surface area contributed by atoms with Gasteiger partial charge in [-0.25, -0.2) is 0 Å². The number of likely N-dealkylation sites (N-methyl/N-ethyl adjacent to an activating group) is 1. The molecule has 0 aromatic carbocycles. The first-order valence-corrected chi connectivity index (χ1v) is 6.58. The Morgan fingerprint density at radius 2 is 1.53 bits per heavy atom. The number of hydrogen-bond acceptors (Lipinski definition) is 2. The smallest absolute Gasteiger partial charge is 0.0328 e. The average Bonchev–Trinajstić information content (AvgIpc) is 2.25. The second-order valence-electron chi connectivity index (χ2n) is 4.70. The first-order valence-electron chi connectivity index (χ1n) is 6.58. The molecule has 0 radical (unpaired) electrons. The molecule has 0 atom stereocenters. The number of hydrogen-bond donors (Lipinski definition) is 1. The van der Waals surface area contributed by atoms with Crippen LogP contribution in [0.15, 0.2) is 0 Å². The summed E-state index contributed by atoms with van der Waals surface area (Å²) in [6, 6.07) is 0. The van der Waals surface area contributed by atoms with Gasteiger partial charge in [-0.05, 0) is 32.9 Å². The lowest BCUT2D eigenvalue weighted by Crippen LogP contribution is -2.52. The maximum atomic E-state index is 6.01. The molecule has 0 aliphatic carbocycles. The molecule has 0 aliphatic rings. The molecule has 0 bridgehead atoms. The van der Waals surface area contributed by atoms with E-state index in [1.807, 2.05) is 0 Å². The van der Waals surface area contributed by atoms with Crippen LogP contribution < -0.4 is 5.73 Å². The molecular formula is C13H30N2. The largest absolute Gasteiger partial charge is 0.329 e. The van der Waals surface area contributed by atoms with Crippen molar-refractivity contribution in [1.29, 1.82) is 0 Å². The predicted octanol–water partition coefficient (Wildman–Crippen LogP) is 3.02. The molecule has 0 aromatic heterocycles. The topological polar surface area (TPSA) is 29.3 Å². The van der Waals surface area contributed by atoms with E-state index < -0.39 is 0 Å². The highest BCUT2D eigenvalue weighted by molar-refractivity contribution is 4.89.